The van der Waals surface area contributed by atoms with Crippen LogP contribution in [0.4, 0.5) is 0 Å². The lowest BCUT2D eigenvalue weighted by Crippen LogP contribution is -2.30. The van der Waals surface area contributed by atoms with Crippen molar-refractivity contribution in [2.45, 2.75) is 407 Å². The molecule has 0 amide bonds. The zero-order chi connectivity index (χ0) is 70.1. The van der Waals surface area contributed by atoms with E-state index in [0.717, 1.165) is 108 Å². The summed E-state index contributed by atoms with van der Waals surface area (Å²) >= 11 is 0. The first-order valence-electron chi connectivity index (χ1n) is 39.4. The number of esters is 4. The van der Waals surface area contributed by atoms with Gasteiger partial charge in [0.2, 0.25) is 0 Å². The Bertz CT molecular complexity index is 1850. The van der Waals surface area contributed by atoms with Crippen LogP contribution >= 0.6 is 15.6 Å². The molecule has 3 N–H and O–H groups in total. The molecule has 17 nitrogen and oxygen atoms in total. The number of ether oxygens (including phenoxy) is 4. The van der Waals surface area contributed by atoms with Gasteiger partial charge in [-0.05, 0) is 43.4 Å². The van der Waals surface area contributed by atoms with Crippen LogP contribution in [0.2, 0.25) is 0 Å². The topological polar surface area (TPSA) is 237 Å². The zero-order valence-corrected chi connectivity index (χ0v) is 63.9. The van der Waals surface area contributed by atoms with Crippen molar-refractivity contribution in [3.63, 3.8) is 0 Å². The molecule has 0 fully saturated rings. The van der Waals surface area contributed by atoms with Gasteiger partial charge < -0.3 is 33.8 Å². The number of phosphoric ester groups is 2. The number of aliphatic hydroxyl groups excluding tert-OH is 1. The number of carbonyl (C=O) groups excluding carboxylic acids is 4. The molecule has 0 aromatic carbocycles. The molecule has 0 aliphatic rings. The lowest BCUT2D eigenvalue weighted by Gasteiger charge is -2.21. The minimum absolute atomic E-state index is 0.106. The number of rotatable bonds is 74. The third kappa shape index (κ3) is 69.0. The fraction of sp³-hybridized carbons (Fsp3) is 0.947. The van der Waals surface area contributed by atoms with Crippen molar-refractivity contribution < 1.29 is 80.2 Å². The summed E-state index contributed by atoms with van der Waals surface area (Å²) in [6.07, 6.45) is 52.9. The summed E-state index contributed by atoms with van der Waals surface area (Å²) in [5.74, 6) is 0.174. The van der Waals surface area contributed by atoms with Gasteiger partial charge >= 0.3 is 39.5 Å². The molecule has 0 aromatic rings. The molecule has 95 heavy (non-hydrogen) atoms. The highest BCUT2D eigenvalue weighted by Gasteiger charge is 2.30. The van der Waals surface area contributed by atoms with E-state index in [2.05, 4.69) is 48.5 Å². The Balaban J connectivity index is 5.17. The summed E-state index contributed by atoms with van der Waals surface area (Å²) in [6.45, 7) is 11.9. The van der Waals surface area contributed by atoms with Crippen molar-refractivity contribution in [1.29, 1.82) is 0 Å². The Morgan fingerprint density at radius 1 is 0.305 bits per heavy atom. The molecule has 0 bridgehead atoms. The van der Waals surface area contributed by atoms with Gasteiger partial charge in [-0.25, -0.2) is 9.13 Å². The molecule has 564 valence electrons. The molecule has 0 aromatic heterocycles. The Morgan fingerprint density at radius 2 is 0.537 bits per heavy atom. The van der Waals surface area contributed by atoms with Crippen molar-refractivity contribution in [2.24, 2.45) is 17.8 Å². The van der Waals surface area contributed by atoms with E-state index < -0.39 is 97.5 Å². The second-order valence-corrected chi connectivity index (χ2v) is 31.5. The third-order valence-electron chi connectivity index (χ3n) is 18.0. The number of carbonyl (C=O) groups is 4. The van der Waals surface area contributed by atoms with Gasteiger partial charge in [-0.15, -0.1) is 0 Å². The van der Waals surface area contributed by atoms with Crippen LogP contribution in [0.1, 0.15) is 389 Å². The Labute approximate surface area is 581 Å². The lowest BCUT2D eigenvalue weighted by molar-refractivity contribution is -0.161. The molecule has 0 saturated heterocycles. The quantitative estimate of drug-likeness (QED) is 0.0222. The molecule has 0 rings (SSSR count). The van der Waals surface area contributed by atoms with E-state index in [1.54, 1.807) is 0 Å². The highest BCUT2D eigenvalue weighted by Crippen LogP contribution is 2.45. The van der Waals surface area contributed by atoms with Crippen LogP contribution in [0.15, 0.2) is 0 Å². The SMILES string of the molecule is CCCCCCCCCCCCCCC(=O)O[C@H](COC(=O)CCCCCCCCC(C)C)COP(=O)(O)OC[C@H](O)COP(=O)(O)OC[C@@H](COC(=O)CCCCCCCCCCCC(C)C)OC(=O)CCCCCCCCCCCCCCCCCCCCC(C)CC. The number of aliphatic hydroxyl groups is 1. The van der Waals surface area contributed by atoms with E-state index >= 15 is 0 Å². The molecule has 3 unspecified atom stereocenters. The van der Waals surface area contributed by atoms with Crippen LogP contribution in [-0.4, -0.2) is 96.7 Å². The number of hydrogen-bond donors (Lipinski definition) is 3. The summed E-state index contributed by atoms with van der Waals surface area (Å²) < 4.78 is 68.4. The molecule has 0 aliphatic heterocycles. The van der Waals surface area contributed by atoms with E-state index in [9.17, 15) is 43.2 Å². The maximum absolute atomic E-state index is 13.1. The minimum atomic E-state index is -4.96. The highest BCUT2D eigenvalue weighted by atomic mass is 31.2. The normalized spacial score (nSPS) is 14.4. The van der Waals surface area contributed by atoms with E-state index in [0.29, 0.717) is 31.6 Å². The van der Waals surface area contributed by atoms with Gasteiger partial charge in [-0.1, -0.05) is 337 Å². The molecular formula is C76H148O17P2. The third-order valence-corrected chi connectivity index (χ3v) is 19.9. The van der Waals surface area contributed by atoms with E-state index in [1.165, 1.54) is 193 Å². The minimum Gasteiger partial charge on any atom is -0.462 e. The first-order valence-corrected chi connectivity index (χ1v) is 42.4. The average Bonchev–Trinajstić information content (AvgIpc) is 2.30. The van der Waals surface area contributed by atoms with Gasteiger partial charge in [0.15, 0.2) is 12.2 Å². The Kier molecular flexibility index (Phi) is 65.2. The lowest BCUT2D eigenvalue weighted by atomic mass is 9.99. The van der Waals surface area contributed by atoms with Gasteiger partial charge in [0.25, 0.3) is 0 Å². The van der Waals surface area contributed by atoms with Gasteiger partial charge in [0, 0.05) is 25.7 Å². The predicted octanol–water partition coefficient (Wildman–Crippen LogP) is 22.2. The Hall–Kier alpha value is -1.94. The maximum atomic E-state index is 13.1. The second kappa shape index (κ2) is 66.6. The van der Waals surface area contributed by atoms with Crippen LogP contribution < -0.4 is 0 Å². The maximum Gasteiger partial charge on any atom is 0.472 e. The van der Waals surface area contributed by atoms with Crippen molar-refractivity contribution in [3.8, 4) is 0 Å². The summed E-state index contributed by atoms with van der Waals surface area (Å²) in [4.78, 5) is 72.7. The second-order valence-electron chi connectivity index (χ2n) is 28.6. The standard InChI is InChI=1S/C76H148O17P2/c1-8-10-11-12-13-14-15-25-30-36-45-52-59-75(80)93-72(64-87-74(79)58-51-44-39-38-41-48-55-68(5)6)66-91-95(84,85)89-62-70(77)61-88-94(82,83)90-65-71(63-86-73(78)57-50-43-35-32-27-28-33-40-47-54-67(3)4)92-76(81)60-53-46-37-31-26-23-21-19-17-16-18-20-22-24-29-34-42-49-56-69(7)9-2/h67-72,77H,8-66H2,1-7H3,(H,82,83)(H,84,85)/t69?,70-,71-,72-/m1/s1. The molecule has 19 heteroatoms. The van der Waals surface area contributed by atoms with Crippen LogP contribution in [0.5, 0.6) is 0 Å². The summed E-state index contributed by atoms with van der Waals surface area (Å²) in [5, 5.41) is 10.6. The summed E-state index contributed by atoms with van der Waals surface area (Å²) in [5.41, 5.74) is 0. The van der Waals surface area contributed by atoms with Crippen molar-refractivity contribution >= 4 is 39.5 Å². The van der Waals surface area contributed by atoms with Crippen LogP contribution in [0.25, 0.3) is 0 Å². The fourth-order valence-corrected chi connectivity index (χ4v) is 13.1. The fourth-order valence-electron chi connectivity index (χ4n) is 11.6. The van der Waals surface area contributed by atoms with Gasteiger partial charge in [-0.3, -0.25) is 37.3 Å². The van der Waals surface area contributed by atoms with Gasteiger partial charge in [0.05, 0.1) is 26.4 Å². The van der Waals surface area contributed by atoms with E-state index in [1.807, 2.05) is 0 Å². The molecule has 0 aliphatic carbocycles. The first-order chi connectivity index (χ1) is 45.8. The molecule has 0 heterocycles. The molecule has 0 radical (unpaired) electrons. The smallest absolute Gasteiger partial charge is 0.462 e. The van der Waals surface area contributed by atoms with Crippen LogP contribution in [-0.2, 0) is 65.4 Å². The van der Waals surface area contributed by atoms with Crippen molar-refractivity contribution in [2.75, 3.05) is 39.6 Å². The largest absolute Gasteiger partial charge is 0.472 e. The van der Waals surface area contributed by atoms with E-state index in [-0.39, 0.29) is 25.7 Å². The number of phosphoric acid groups is 2. The molecule has 0 spiro atoms. The van der Waals surface area contributed by atoms with Crippen LogP contribution in [0, 0.1) is 17.8 Å². The zero-order valence-electron chi connectivity index (χ0n) is 62.1. The summed E-state index contributed by atoms with van der Waals surface area (Å²) in [7, 11) is -9.91. The Morgan fingerprint density at radius 3 is 0.800 bits per heavy atom. The molecular weight excluding hydrogens is 1250 g/mol. The molecule has 6 atom stereocenters. The molecule has 0 saturated carbocycles. The number of unbranched alkanes of at least 4 members (excludes halogenated alkanes) is 41. The van der Waals surface area contributed by atoms with E-state index in [4.69, 9.17) is 37.0 Å². The predicted molar refractivity (Wildman–Crippen MR) is 386 cm³/mol. The first kappa shape index (κ1) is 93.1. The average molecular weight is 1400 g/mol. The summed E-state index contributed by atoms with van der Waals surface area (Å²) in [6, 6.07) is 0. The van der Waals surface area contributed by atoms with Crippen molar-refractivity contribution in [1.82, 2.24) is 0 Å². The van der Waals surface area contributed by atoms with Crippen LogP contribution in [0.3, 0.4) is 0 Å². The van der Waals surface area contributed by atoms with Gasteiger partial charge in [-0.2, -0.15) is 0 Å². The van der Waals surface area contributed by atoms with Gasteiger partial charge in [0.1, 0.15) is 19.3 Å². The monoisotopic (exact) mass is 1400 g/mol. The van der Waals surface area contributed by atoms with Crippen molar-refractivity contribution in [3.05, 3.63) is 0 Å². The number of hydrogen-bond acceptors (Lipinski definition) is 15. The highest BCUT2D eigenvalue weighted by molar-refractivity contribution is 7.47.